The van der Waals surface area contributed by atoms with Crippen molar-refractivity contribution in [3.05, 3.63) is 59.9 Å². The molecule has 0 saturated carbocycles. The molecular formula is C17H18N4O2. The van der Waals surface area contributed by atoms with Gasteiger partial charge in [-0.3, -0.25) is 14.6 Å². The molecule has 1 aromatic heterocycles. The van der Waals surface area contributed by atoms with E-state index in [1.165, 1.54) is 6.21 Å². The molecule has 6 nitrogen and oxygen atoms in total. The number of hydrogen-bond acceptors (Lipinski definition) is 4. The first kappa shape index (κ1) is 16.4. The molecule has 1 aromatic carbocycles. The zero-order valence-corrected chi connectivity index (χ0v) is 12.8. The van der Waals surface area contributed by atoms with Gasteiger partial charge in [-0.2, -0.15) is 5.10 Å². The van der Waals surface area contributed by atoms with Gasteiger partial charge >= 0.3 is 0 Å². The normalized spacial score (nSPS) is 10.5. The van der Waals surface area contributed by atoms with E-state index < -0.39 is 0 Å². The second-order valence-corrected chi connectivity index (χ2v) is 4.99. The Morgan fingerprint density at radius 2 is 1.87 bits per heavy atom. The van der Waals surface area contributed by atoms with E-state index in [9.17, 15) is 9.59 Å². The third-order valence-electron chi connectivity index (χ3n) is 2.99. The summed E-state index contributed by atoms with van der Waals surface area (Å²) in [6, 6.07) is 11.0. The molecule has 2 rings (SSSR count). The van der Waals surface area contributed by atoms with E-state index in [1.807, 2.05) is 31.2 Å². The Morgan fingerprint density at radius 1 is 1.13 bits per heavy atom. The summed E-state index contributed by atoms with van der Waals surface area (Å²) in [6.45, 7) is 1.95. The lowest BCUT2D eigenvalue weighted by atomic mass is 10.2. The van der Waals surface area contributed by atoms with E-state index in [1.54, 1.807) is 24.5 Å². The SMILES string of the molecule is Cc1cccc(NC(=O)CCC(=O)N/N=C\c2ccncc2)c1. The van der Waals surface area contributed by atoms with Crippen molar-refractivity contribution in [1.29, 1.82) is 0 Å². The Balaban J connectivity index is 1.71. The molecule has 118 valence electrons. The first-order valence-corrected chi connectivity index (χ1v) is 7.22. The van der Waals surface area contributed by atoms with E-state index in [-0.39, 0.29) is 24.7 Å². The number of carbonyl (C=O) groups excluding carboxylic acids is 2. The molecule has 6 heteroatoms. The van der Waals surface area contributed by atoms with Gasteiger partial charge in [0, 0.05) is 30.9 Å². The summed E-state index contributed by atoms with van der Waals surface area (Å²) < 4.78 is 0. The number of hydrogen-bond donors (Lipinski definition) is 2. The zero-order chi connectivity index (χ0) is 16.5. The molecule has 0 spiro atoms. The smallest absolute Gasteiger partial charge is 0.240 e. The fraction of sp³-hybridized carbons (Fsp3) is 0.176. The molecule has 0 atom stereocenters. The van der Waals surface area contributed by atoms with Crippen LogP contribution in [-0.4, -0.2) is 23.0 Å². The number of pyridine rings is 1. The fourth-order valence-electron chi connectivity index (χ4n) is 1.86. The molecule has 0 saturated heterocycles. The quantitative estimate of drug-likeness (QED) is 0.634. The number of hydrazone groups is 1. The summed E-state index contributed by atoms with van der Waals surface area (Å²) >= 11 is 0. The van der Waals surface area contributed by atoms with Crippen LogP contribution < -0.4 is 10.7 Å². The van der Waals surface area contributed by atoms with Gasteiger partial charge in [0.15, 0.2) is 0 Å². The Labute approximate surface area is 134 Å². The van der Waals surface area contributed by atoms with Crippen molar-refractivity contribution in [3.63, 3.8) is 0 Å². The third-order valence-corrected chi connectivity index (χ3v) is 2.99. The van der Waals surface area contributed by atoms with Crippen molar-refractivity contribution in [2.75, 3.05) is 5.32 Å². The summed E-state index contributed by atoms with van der Waals surface area (Å²) in [7, 11) is 0. The molecule has 1 heterocycles. The number of rotatable bonds is 6. The minimum Gasteiger partial charge on any atom is -0.326 e. The highest BCUT2D eigenvalue weighted by molar-refractivity contribution is 5.93. The summed E-state index contributed by atoms with van der Waals surface area (Å²) in [6.07, 6.45) is 4.97. The van der Waals surface area contributed by atoms with Gasteiger partial charge in [0.1, 0.15) is 0 Å². The number of aromatic nitrogens is 1. The second-order valence-electron chi connectivity index (χ2n) is 4.99. The minimum absolute atomic E-state index is 0.0747. The minimum atomic E-state index is -0.310. The number of nitrogens with zero attached hydrogens (tertiary/aromatic N) is 2. The highest BCUT2D eigenvalue weighted by atomic mass is 16.2. The molecule has 0 aliphatic carbocycles. The van der Waals surface area contributed by atoms with Crippen LogP contribution in [0.5, 0.6) is 0 Å². The Bertz CT molecular complexity index is 699. The van der Waals surface area contributed by atoms with Gasteiger partial charge in [0.2, 0.25) is 11.8 Å². The van der Waals surface area contributed by atoms with E-state index in [4.69, 9.17) is 0 Å². The van der Waals surface area contributed by atoms with Crippen molar-refractivity contribution >= 4 is 23.7 Å². The molecule has 2 N–H and O–H groups in total. The topological polar surface area (TPSA) is 83.5 Å². The predicted octanol–water partition coefficient (Wildman–Crippen LogP) is 2.26. The Kier molecular flexibility index (Phi) is 5.99. The first-order chi connectivity index (χ1) is 11.1. The van der Waals surface area contributed by atoms with Gasteiger partial charge in [0.05, 0.1) is 6.21 Å². The largest absolute Gasteiger partial charge is 0.326 e. The fourth-order valence-corrected chi connectivity index (χ4v) is 1.86. The van der Waals surface area contributed by atoms with E-state index in [0.29, 0.717) is 0 Å². The van der Waals surface area contributed by atoms with Gasteiger partial charge in [-0.25, -0.2) is 5.43 Å². The van der Waals surface area contributed by atoms with Gasteiger partial charge in [-0.05, 0) is 42.3 Å². The van der Waals surface area contributed by atoms with E-state index in [2.05, 4.69) is 20.8 Å². The van der Waals surface area contributed by atoms with Crippen LogP contribution in [-0.2, 0) is 9.59 Å². The van der Waals surface area contributed by atoms with Crippen LogP contribution >= 0.6 is 0 Å². The number of amides is 2. The maximum Gasteiger partial charge on any atom is 0.240 e. The highest BCUT2D eigenvalue weighted by Crippen LogP contribution is 2.10. The molecule has 0 fully saturated rings. The van der Waals surface area contributed by atoms with E-state index in [0.717, 1.165) is 16.8 Å². The molecule has 0 bridgehead atoms. The lowest BCUT2D eigenvalue weighted by Crippen LogP contribution is -2.20. The van der Waals surface area contributed by atoms with Crippen LogP contribution in [0, 0.1) is 6.92 Å². The van der Waals surface area contributed by atoms with Crippen molar-refractivity contribution in [2.24, 2.45) is 5.10 Å². The Hall–Kier alpha value is -3.02. The summed E-state index contributed by atoms with van der Waals surface area (Å²) in [4.78, 5) is 27.3. The molecule has 0 aliphatic rings. The van der Waals surface area contributed by atoms with Crippen molar-refractivity contribution in [2.45, 2.75) is 19.8 Å². The number of benzene rings is 1. The number of carbonyl (C=O) groups is 2. The Morgan fingerprint density at radius 3 is 2.61 bits per heavy atom. The third kappa shape index (κ3) is 6.09. The molecule has 0 unspecified atom stereocenters. The highest BCUT2D eigenvalue weighted by Gasteiger charge is 2.06. The van der Waals surface area contributed by atoms with Crippen LogP contribution in [0.2, 0.25) is 0 Å². The maximum atomic E-state index is 11.8. The lowest BCUT2D eigenvalue weighted by Gasteiger charge is -2.05. The average Bonchev–Trinajstić information content (AvgIpc) is 2.54. The van der Waals surface area contributed by atoms with Gasteiger partial charge in [0.25, 0.3) is 0 Å². The zero-order valence-electron chi connectivity index (χ0n) is 12.8. The van der Waals surface area contributed by atoms with Crippen LogP contribution in [0.3, 0.4) is 0 Å². The monoisotopic (exact) mass is 310 g/mol. The summed E-state index contributed by atoms with van der Waals surface area (Å²) in [5, 5.41) is 6.59. The van der Waals surface area contributed by atoms with Gasteiger partial charge < -0.3 is 5.32 Å². The molecule has 0 radical (unpaired) electrons. The van der Waals surface area contributed by atoms with Crippen molar-refractivity contribution < 1.29 is 9.59 Å². The van der Waals surface area contributed by atoms with Gasteiger partial charge in [-0.1, -0.05) is 12.1 Å². The number of aryl methyl sites for hydroxylation is 1. The van der Waals surface area contributed by atoms with Crippen LogP contribution in [0.15, 0.2) is 53.9 Å². The predicted molar refractivity (Wildman–Crippen MR) is 89.0 cm³/mol. The van der Waals surface area contributed by atoms with E-state index >= 15 is 0 Å². The molecule has 2 aromatic rings. The second kappa shape index (κ2) is 8.43. The molecule has 2 amide bonds. The number of anilines is 1. The molecule has 0 aliphatic heterocycles. The summed E-state index contributed by atoms with van der Waals surface area (Å²) in [5.41, 5.74) is 5.01. The van der Waals surface area contributed by atoms with Crippen molar-refractivity contribution in [3.8, 4) is 0 Å². The first-order valence-electron chi connectivity index (χ1n) is 7.22. The maximum absolute atomic E-state index is 11.8. The number of nitrogens with one attached hydrogen (secondary N) is 2. The lowest BCUT2D eigenvalue weighted by molar-refractivity contribution is -0.124. The van der Waals surface area contributed by atoms with Crippen molar-refractivity contribution in [1.82, 2.24) is 10.4 Å². The standard InChI is InChI=1S/C17H18N4O2/c1-13-3-2-4-15(11-13)20-16(22)5-6-17(23)21-19-12-14-7-9-18-10-8-14/h2-4,7-12H,5-6H2,1H3,(H,20,22)(H,21,23)/b19-12-. The van der Waals surface area contributed by atoms with Crippen LogP contribution in [0.4, 0.5) is 5.69 Å². The van der Waals surface area contributed by atoms with Crippen LogP contribution in [0.25, 0.3) is 0 Å². The molecule has 23 heavy (non-hydrogen) atoms. The summed E-state index contributed by atoms with van der Waals surface area (Å²) in [5.74, 6) is -0.515. The average molecular weight is 310 g/mol. The molecular weight excluding hydrogens is 292 g/mol. The van der Waals surface area contributed by atoms with Gasteiger partial charge in [-0.15, -0.1) is 0 Å². The van der Waals surface area contributed by atoms with Crippen LogP contribution in [0.1, 0.15) is 24.0 Å².